The van der Waals surface area contributed by atoms with E-state index in [1.165, 1.54) is 0 Å². The number of halogens is 1. The van der Waals surface area contributed by atoms with Crippen LogP contribution in [0.4, 0.5) is 5.69 Å². The molecule has 0 aromatic heterocycles. The number of methoxy groups -OCH3 is 1. The zero-order chi connectivity index (χ0) is 16.1. The van der Waals surface area contributed by atoms with Gasteiger partial charge in [-0.2, -0.15) is 0 Å². The molecule has 0 aliphatic heterocycles. The third-order valence-electron chi connectivity index (χ3n) is 3.62. The van der Waals surface area contributed by atoms with Crippen molar-refractivity contribution in [1.82, 2.24) is 0 Å². The van der Waals surface area contributed by atoms with Crippen molar-refractivity contribution in [2.24, 2.45) is 0 Å². The Morgan fingerprint density at radius 3 is 2.27 bits per heavy atom. The molecule has 1 N–H and O–H groups in total. The van der Waals surface area contributed by atoms with Crippen LogP contribution in [0.25, 0.3) is 0 Å². The molecule has 0 saturated heterocycles. The normalized spacial score (nSPS) is 10.4. The molecule has 2 aromatic carbocycles. The van der Waals surface area contributed by atoms with Crippen LogP contribution in [0.15, 0.2) is 40.9 Å². The summed E-state index contributed by atoms with van der Waals surface area (Å²) < 4.78 is 6.31. The molecule has 2 rings (SSSR count). The average Bonchev–Trinajstić information content (AvgIpc) is 2.55. The van der Waals surface area contributed by atoms with Gasteiger partial charge in [0.15, 0.2) is 0 Å². The fourth-order valence-electron chi connectivity index (χ4n) is 2.46. The van der Waals surface area contributed by atoms with Gasteiger partial charge in [0, 0.05) is 10.2 Å². The first-order valence-corrected chi connectivity index (χ1v) is 8.15. The van der Waals surface area contributed by atoms with Crippen molar-refractivity contribution in [1.29, 1.82) is 0 Å². The Morgan fingerprint density at radius 2 is 1.73 bits per heavy atom. The first-order chi connectivity index (χ1) is 10.6. The van der Waals surface area contributed by atoms with E-state index < -0.39 is 0 Å². The highest BCUT2D eigenvalue weighted by molar-refractivity contribution is 9.10. The van der Waals surface area contributed by atoms with Crippen LogP contribution in [0.2, 0.25) is 0 Å². The van der Waals surface area contributed by atoms with Gasteiger partial charge < -0.3 is 10.1 Å². The Labute approximate surface area is 139 Å². The quantitative estimate of drug-likeness (QED) is 0.827. The Balaban J connectivity index is 2.40. The van der Waals surface area contributed by atoms with Gasteiger partial charge in [0.25, 0.3) is 5.91 Å². The summed E-state index contributed by atoms with van der Waals surface area (Å²) in [5, 5.41) is 3.06. The van der Waals surface area contributed by atoms with Gasteiger partial charge in [0.05, 0.1) is 12.7 Å². The maximum absolute atomic E-state index is 12.6. The van der Waals surface area contributed by atoms with Gasteiger partial charge in [-0.25, -0.2) is 0 Å². The molecule has 0 unspecified atom stereocenters. The number of aryl methyl sites for hydroxylation is 2. The maximum Gasteiger partial charge on any atom is 0.259 e. The smallest absolute Gasteiger partial charge is 0.259 e. The lowest BCUT2D eigenvalue weighted by Gasteiger charge is -2.16. The van der Waals surface area contributed by atoms with Crippen molar-refractivity contribution in [3.63, 3.8) is 0 Å². The van der Waals surface area contributed by atoms with E-state index in [0.29, 0.717) is 11.3 Å². The number of anilines is 1. The summed E-state index contributed by atoms with van der Waals surface area (Å²) in [4.78, 5) is 12.6. The van der Waals surface area contributed by atoms with Crippen LogP contribution >= 0.6 is 15.9 Å². The molecular formula is C18H20BrNO2. The number of para-hydroxylation sites is 1. The summed E-state index contributed by atoms with van der Waals surface area (Å²) in [6.07, 6.45) is 1.71. The summed E-state index contributed by atoms with van der Waals surface area (Å²) >= 11 is 3.53. The van der Waals surface area contributed by atoms with E-state index in [0.717, 1.165) is 34.1 Å². The SMILES string of the molecule is CCc1cc(Br)cc(CC)c1NC(=O)c1ccccc1OC. The third kappa shape index (κ3) is 3.50. The second-order valence-electron chi connectivity index (χ2n) is 4.96. The van der Waals surface area contributed by atoms with E-state index in [1.807, 2.05) is 12.1 Å². The molecule has 0 saturated carbocycles. The molecule has 3 nitrogen and oxygen atoms in total. The van der Waals surface area contributed by atoms with Crippen molar-refractivity contribution < 1.29 is 9.53 Å². The lowest BCUT2D eigenvalue weighted by molar-refractivity contribution is 0.102. The maximum atomic E-state index is 12.6. The van der Waals surface area contributed by atoms with Crippen molar-refractivity contribution >= 4 is 27.5 Å². The van der Waals surface area contributed by atoms with Gasteiger partial charge in [-0.15, -0.1) is 0 Å². The number of amides is 1. The van der Waals surface area contributed by atoms with Gasteiger partial charge in [-0.3, -0.25) is 4.79 Å². The van der Waals surface area contributed by atoms with Crippen molar-refractivity contribution in [2.45, 2.75) is 26.7 Å². The van der Waals surface area contributed by atoms with Crippen LogP contribution in [-0.2, 0) is 12.8 Å². The summed E-state index contributed by atoms with van der Waals surface area (Å²) in [7, 11) is 1.57. The molecule has 0 fully saturated rings. The molecular weight excluding hydrogens is 342 g/mol. The van der Waals surface area contributed by atoms with Gasteiger partial charge in [-0.1, -0.05) is 41.9 Å². The number of carbonyl (C=O) groups is 1. The Morgan fingerprint density at radius 1 is 1.14 bits per heavy atom. The van der Waals surface area contributed by atoms with E-state index in [4.69, 9.17) is 4.74 Å². The summed E-state index contributed by atoms with van der Waals surface area (Å²) in [6, 6.07) is 11.3. The van der Waals surface area contributed by atoms with Crippen LogP contribution < -0.4 is 10.1 Å². The van der Waals surface area contributed by atoms with Crippen LogP contribution in [-0.4, -0.2) is 13.0 Å². The molecule has 0 aliphatic carbocycles. The van der Waals surface area contributed by atoms with E-state index >= 15 is 0 Å². The standard InChI is InChI=1S/C18H20BrNO2/c1-4-12-10-14(19)11-13(5-2)17(12)20-18(21)15-8-6-7-9-16(15)22-3/h6-11H,4-5H2,1-3H3,(H,20,21). The summed E-state index contributed by atoms with van der Waals surface area (Å²) in [5.41, 5.74) is 3.69. The molecule has 0 aliphatic rings. The van der Waals surface area contributed by atoms with Gasteiger partial charge in [-0.05, 0) is 48.2 Å². The zero-order valence-corrected chi connectivity index (χ0v) is 14.7. The van der Waals surface area contributed by atoms with Crippen LogP contribution in [0, 0.1) is 0 Å². The number of benzene rings is 2. The first-order valence-electron chi connectivity index (χ1n) is 7.36. The van der Waals surface area contributed by atoms with E-state index in [1.54, 1.807) is 19.2 Å². The zero-order valence-electron chi connectivity index (χ0n) is 13.1. The number of nitrogens with one attached hydrogen (secondary N) is 1. The Bertz CT molecular complexity index is 658. The monoisotopic (exact) mass is 361 g/mol. The van der Waals surface area contributed by atoms with Crippen molar-refractivity contribution in [2.75, 3.05) is 12.4 Å². The molecule has 0 radical (unpaired) electrons. The van der Waals surface area contributed by atoms with Crippen molar-refractivity contribution in [3.05, 3.63) is 57.6 Å². The predicted octanol–water partition coefficient (Wildman–Crippen LogP) is 4.83. The fraction of sp³-hybridized carbons (Fsp3) is 0.278. The lowest BCUT2D eigenvalue weighted by atomic mass is 10.0. The predicted molar refractivity (Wildman–Crippen MR) is 93.8 cm³/mol. The highest BCUT2D eigenvalue weighted by Crippen LogP contribution is 2.29. The minimum atomic E-state index is -0.149. The minimum absolute atomic E-state index is 0.149. The molecule has 0 bridgehead atoms. The lowest BCUT2D eigenvalue weighted by Crippen LogP contribution is -2.16. The largest absolute Gasteiger partial charge is 0.496 e. The second kappa shape index (κ2) is 7.45. The van der Waals surface area contributed by atoms with Crippen LogP contribution in [0.5, 0.6) is 5.75 Å². The molecule has 0 atom stereocenters. The van der Waals surface area contributed by atoms with Crippen LogP contribution in [0.3, 0.4) is 0 Å². The van der Waals surface area contributed by atoms with E-state index in [2.05, 4.69) is 47.2 Å². The highest BCUT2D eigenvalue weighted by Gasteiger charge is 2.15. The minimum Gasteiger partial charge on any atom is -0.496 e. The topological polar surface area (TPSA) is 38.3 Å². The number of carbonyl (C=O) groups excluding carboxylic acids is 1. The molecule has 116 valence electrons. The molecule has 0 spiro atoms. The molecule has 2 aromatic rings. The molecule has 1 amide bonds. The van der Waals surface area contributed by atoms with E-state index in [-0.39, 0.29) is 5.91 Å². The third-order valence-corrected chi connectivity index (χ3v) is 4.08. The average molecular weight is 362 g/mol. The summed E-state index contributed by atoms with van der Waals surface area (Å²) in [6.45, 7) is 4.17. The number of hydrogen-bond acceptors (Lipinski definition) is 2. The van der Waals surface area contributed by atoms with Crippen LogP contribution in [0.1, 0.15) is 35.3 Å². The number of ether oxygens (including phenoxy) is 1. The summed E-state index contributed by atoms with van der Waals surface area (Å²) in [5.74, 6) is 0.428. The highest BCUT2D eigenvalue weighted by atomic mass is 79.9. The second-order valence-corrected chi connectivity index (χ2v) is 5.88. The van der Waals surface area contributed by atoms with Gasteiger partial charge in [0.2, 0.25) is 0 Å². The van der Waals surface area contributed by atoms with Gasteiger partial charge >= 0.3 is 0 Å². The Hall–Kier alpha value is -1.81. The Kier molecular flexibility index (Phi) is 5.61. The van der Waals surface area contributed by atoms with Gasteiger partial charge in [0.1, 0.15) is 5.75 Å². The molecule has 0 heterocycles. The number of rotatable bonds is 5. The fourth-order valence-corrected chi connectivity index (χ4v) is 3.01. The molecule has 4 heteroatoms. The van der Waals surface area contributed by atoms with E-state index in [9.17, 15) is 4.79 Å². The number of hydrogen-bond donors (Lipinski definition) is 1. The molecule has 22 heavy (non-hydrogen) atoms. The van der Waals surface area contributed by atoms with Crippen molar-refractivity contribution in [3.8, 4) is 5.75 Å². The first kappa shape index (κ1) is 16.6.